The Bertz CT molecular complexity index is 680. The molecule has 1 fully saturated rings. The first-order chi connectivity index (χ1) is 11.8. The van der Waals surface area contributed by atoms with Gasteiger partial charge in [-0.1, -0.05) is 0 Å². The van der Waals surface area contributed by atoms with Crippen LogP contribution in [0.5, 0.6) is 0 Å². The molecule has 2 rings (SSSR count). The lowest BCUT2D eigenvalue weighted by Crippen LogP contribution is -2.53. The molecule has 0 aromatic heterocycles. The van der Waals surface area contributed by atoms with Crippen LogP contribution in [0.1, 0.15) is 27.6 Å². The highest BCUT2D eigenvalue weighted by Gasteiger charge is 2.26. The number of urea groups is 1. The molecule has 10 heteroatoms. The number of nitrogens with zero attached hydrogens (tertiary/aromatic N) is 3. The van der Waals surface area contributed by atoms with Gasteiger partial charge in [0.15, 0.2) is 0 Å². The number of piperazine rings is 1. The Kier molecular flexibility index (Phi) is 5.52. The molecule has 0 radical (unpaired) electrons. The highest BCUT2D eigenvalue weighted by Crippen LogP contribution is 2.19. The molecule has 1 aliphatic heterocycles. The maximum Gasteiger partial charge on any atom is 0.335 e. The number of nitro benzene ring substituents is 1. The molecule has 1 aliphatic rings. The summed E-state index contributed by atoms with van der Waals surface area (Å²) in [5, 5.41) is 22.7. The number of carboxylic acids is 1. The highest BCUT2D eigenvalue weighted by molar-refractivity contribution is 5.98. The Hall–Kier alpha value is -3.17. The van der Waals surface area contributed by atoms with E-state index in [4.69, 9.17) is 5.11 Å². The van der Waals surface area contributed by atoms with E-state index in [0.717, 1.165) is 18.2 Å². The Morgan fingerprint density at radius 2 is 1.68 bits per heavy atom. The lowest BCUT2D eigenvalue weighted by Gasteiger charge is -2.34. The van der Waals surface area contributed by atoms with Gasteiger partial charge in [0.05, 0.1) is 10.5 Å². The molecule has 0 bridgehead atoms. The topological polar surface area (TPSA) is 133 Å². The minimum atomic E-state index is -1.35. The van der Waals surface area contributed by atoms with Gasteiger partial charge in [-0.25, -0.2) is 9.59 Å². The first-order valence-electron chi connectivity index (χ1n) is 7.68. The fourth-order valence-corrected chi connectivity index (χ4v) is 2.52. The first kappa shape index (κ1) is 18.2. The fraction of sp³-hybridized carbons (Fsp3) is 0.400. The van der Waals surface area contributed by atoms with E-state index in [1.807, 2.05) is 0 Å². The van der Waals surface area contributed by atoms with Crippen molar-refractivity contribution in [2.75, 3.05) is 32.7 Å². The third kappa shape index (κ3) is 4.22. The van der Waals surface area contributed by atoms with Gasteiger partial charge in [0, 0.05) is 50.4 Å². The van der Waals surface area contributed by atoms with Crippen LogP contribution < -0.4 is 5.32 Å². The van der Waals surface area contributed by atoms with Gasteiger partial charge in [0.2, 0.25) is 0 Å². The smallest absolute Gasteiger partial charge is 0.335 e. The summed E-state index contributed by atoms with van der Waals surface area (Å²) < 4.78 is 0. The minimum absolute atomic E-state index is 0.0574. The SMILES string of the molecule is CCNC(=O)N1CCN(C(=O)c2cc(C(=O)O)cc([N+](=O)[O-])c2)CC1. The average molecular weight is 350 g/mol. The van der Waals surface area contributed by atoms with Crippen molar-refractivity contribution in [3.8, 4) is 0 Å². The number of carbonyl (C=O) groups is 3. The molecule has 134 valence electrons. The largest absolute Gasteiger partial charge is 0.478 e. The molecule has 1 saturated heterocycles. The van der Waals surface area contributed by atoms with Crippen molar-refractivity contribution in [3.63, 3.8) is 0 Å². The summed E-state index contributed by atoms with van der Waals surface area (Å²) in [4.78, 5) is 48.6. The number of benzene rings is 1. The van der Waals surface area contributed by atoms with Crippen LogP contribution in [0.4, 0.5) is 10.5 Å². The Balaban J connectivity index is 2.15. The molecular formula is C15H18N4O6. The van der Waals surface area contributed by atoms with Crippen molar-refractivity contribution in [1.29, 1.82) is 0 Å². The van der Waals surface area contributed by atoms with Crippen LogP contribution in [-0.4, -0.2) is 70.5 Å². The molecular weight excluding hydrogens is 332 g/mol. The van der Waals surface area contributed by atoms with E-state index in [1.54, 1.807) is 11.8 Å². The Labute approximate surface area is 143 Å². The third-order valence-corrected chi connectivity index (χ3v) is 3.80. The average Bonchev–Trinajstić information content (AvgIpc) is 2.61. The van der Waals surface area contributed by atoms with Gasteiger partial charge in [-0.15, -0.1) is 0 Å². The Morgan fingerprint density at radius 1 is 1.12 bits per heavy atom. The zero-order valence-corrected chi connectivity index (χ0v) is 13.6. The standard InChI is InChI=1S/C15H18N4O6/c1-2-16-15(23)18-5-3-17(4-6-18)13(20)10-7-11(14(21)22)9-12(8-10)19(24)25/h7-9H,2-6H2,1H3,(H,16,23)(H,21,22). The monoisotopic (exact) mass is 350 g/mol. The molecule has 0 atom stereocenters. The number of hydrogen-bond donors (Lipinski definition) is 2. The van der Waals surface area contributed by atoms with Crippen molar-refractivity contribution in [3.05, 3.63) is 39.4 Å². The second-order valence-corrected chi connectivity index (χ2v) is 5.45. The predicted molar refractivity (Wildman–Crippen MR) is 86.6 cm³/mol. The van der Waals surface area contributed by atoms with Gasteiger partial charge in [-0.3, -0.25) is 14.9 Å². The van der Waals surface area contributed by atoms with Crippen LogP contribution in [0.25, 0.3) is 0 Å². The van der Waals surface area contributed by atoms with Gasteiger partial charge in [0.1, 0.15) is 0 Å². The number of aromatic carboxylic acids is 1. The van der Waals surface area contributed by atoms with Crippen LogP contribution in [0.15, 0.2) is 18.2 Å². The normalized spacial score (nSPS) is 14.1. The minimum Gasteiger partial charge on any atom is -0.478 e. The lowest BCUT2D eigenvalue weighted by molar-refractivity contribution is -0.384. The van der Waals surface area contributed by atoms with Crippen LogP contribution in [0.2, 0.25) is 0 Å². The van der Waals surface area contributed by atoms with E-state index in [1.165, 1.54) is 4.90 Å². The predicted octanol–water partition coefficient (Wildman–Crippen LogP) is 0.780. The van der Waals surface area contributed by atoms with Crippen molar-refractivity contribution < 1.29 is 24.4 Å². The molecule has 25 heavy (non-hydrogen) atoms. The summed E-state index contributed by atoms with van der Waals surface area (Å²) in [6.07, 6.45) is 0. The summed E-state index contributed by atoms with van der Waals surface area (Å²) in [5.41, 5.74) is -0.833. The van der Waals surface area contributed by atoms with Gasteiger partial charge in [-0.05, 0) is 13.0 Å². The Morgan fingerprint density at radius 3 is 2.20 bits per heavy atom. The van der Waals surface area contributed by atoms with Crippen LogP contribution in [0.3, 0.4) is 0 Å². The zero-order valence-electron chi connectivity index (χ0n) is 13.6. The van der Waals surface area contributed by atoms with E-state index in [0.29, 0.717) is 19.6 Å². The number of non-ortho nitro benzene ring substituents is 1. The molecule has 0 unspecified atom stereocenters. The first-order valence-corrected chi connectivity index (χ1v) is 7.68. The molecule has 10 nitrogen and oxygen atoms in total. The van der Waals surface area contributed by atoms with Crippen molar-refractivity contribution in [2.45, 2.75) is 6.92 Å². The maximum atomic E-state index is 12.5. The van der Waals surface area contributed by atoms with Crippen LogP contribution in [0, 0.1) is 10.1 Å². The molecule has 0 aliphatic carbocycles. The molecule has 1 heterocycles. The van der Waals surface area contributed by atoms with Crippen LogP contribution >= 0.6 is 0 Å². The molecule has 1 aromatic carbocycles. The van der Waals surface area contributed by atoms with Gasteiger partial charge in [-0.2, -0.15) is 0 Å². The number of carboxylic acid groups (broad SMARTS) is 1. The number of nitrogens with one attached hydrogen (secondary N) is 1. The second-order valence-electron chi connectivity index (χ2n) is 5.45. The van der Waals surface area contributed by atoms with Gasteiger partial charge < -0.3 is 20.2 Å². The number of hydrogen-bond acceptors (Lipinski definition) is 5. The zero-order chi connectivity index (χ0) is 18.6. The number of amides is 3. The second kappa shape index (κ2) is 7.60. The number of nitro groups is 1. The van der Waals surface area contributed by atoms with Gasteiger partial charge in [0.25, 0.3) is 11.6 Å². The summed E-state index contributed by atoms with van der Waals surface area (Å²) in [6, 6.07) is 2.88. The van der Waals surface area contributed by atoms with Gasteiger partial charge >= 0.3 is 12.0 Å². The van der Waals surface area contributed by atoms with Crippen LogP contribution in [-0.2, 0) is 0 Å². The highest BCUT2D eigenvalue weighted by atomic mass is 16.6. The summed E-state index contributed by atoms with van der Waals surface area (Å²) in [5.74, 6) is -1.85. The fourth-order valence-electron chi connectivity index (χ4n) is 2.52. The summed E-state index contributed by atoms with van der Waals surface area (Å²) in [7, 11) is 0. The molecule has 2 N–H and O–H groups in total. The summed E-state index contributed by atoms with van der Waals surface area (Å²) in [6.45, 7) is 3.50. The van der Waals surface area contributed by atoms with E-state index in [-0.39, 0.29) is 30.2 Å². The third-order valence-electron chi connectivity index (χ3n) is 3.80. The molecule has 0 saturated carbocycles. The maximum absolute atomic E-state index is 12.5. The molecule has 0 spiro atoms. The van der Waals surface area contributed by atoms with E-state index >= 15 is 0 Å². The van der Waals surface area contributed by atoms with Crippen molar-refractivity contribution >= 4 is 23.6 Å². The van der Waals surface area contributed by atoms with E-state index in [9.17, 15) is 24.5 Å². The van der Waals surface area contributed by atoms with Crippen molar-refractivity contribution in [1.82, 2.24) is 15.1 Å². The number of rotatable bonds is 4. The lowest BCUT2D eigenvalue weighted by atomic mass is 10.1. The summed E-state index contributed by atoms with van der Waals surface area (Å²) >= 11 is 0. The molecule has 3 amide bonds. The van der Waals surface area contributed by atoms with E-state index < -0.39 is 22.5 Å². The van der Waals surface area contributed by atoms with Crippen molar-refractivity contribution in [2.24, 2.45) is 0 Å². The number of carbonyl (C=O) groups excluding carboxylic acids is 2. The quantitative estimate of drug-likeness (QED) is 0.609. The van der Waals surface area contributed by atoms with E-state index in [2.05, 4.69) is 5.32 Å². The molecule has 1 aromatic rings.